The van der Waals surface area contributed by atoms with Crippen molar-refractivity contribution in [3.8, 4) is 46.0 Å². The number of nitrogens with one attached hydrogen (secondary N) is 4. The molecule has 0 heterocycles. The Morgan fingerprint density at radius 3 is 0.550 bits per heavy atom. The Labute approximate surface area is 675 Å². The number of esters is 4. The number of hydrogen-bond acceptors (Lipinski definition) is 20. The van der Waals surface area contributed by atoms with Gasteiger partial charge in [-0.2, -0.15) is 42.3 Å². The quantitative estimate of drug-likeness (QED) is 0.00760. The van der Waals surface area contributed by atoms with Crippen LogP contribution in [0.2, 0.25) is 0 Å². The number of rotatable bonds is 32. The molecule has 0 amide bonds. The van der Waals surface area contributed by atoms with Crippen LogP contribution in [0.3, 0.4) is 0 Å². The summed E-state index contributed by atoms with van der Waals surface area (Å²) in [6.45, 7) is 20.0. The zero-order valence-corrected chi connectivity index (χ0v) is 69.1. The lowest BCUT2D eigenvalue weighted by Gasteiger charge is -2.24. The van der Waals surface area contributed by atoms with E-state index in [0.29, 0.717) is 0 Å². The highest BCUT2D eigenvalue weighted by Crippen LogP contribution is 2.52. The topological polar surface area (TPSA) is 295 Å². The van der Waals surface area contributed by atoms with Gasteiger partial charge in [0.15, 0.2) is 52.4 Å². The molecule has 0 unspecified atom stereocenters. The summed E-state index contributed by atoms with van der Waals surface area (Å²) in [5.74, 6) is -43.9. The first kappa shape index (κ1) is 100. The van der Waals surface area contributed by atoms with Gasteiger partial charge in [-0.05, 0) is 152 Å². The van der Waals surface area contributed by atoms with E-state index in [1.165, 1.54) is 139 Å². The standard InChI is InChI=1S/3C19H20F4NO5P.C18H17F5NO5P/c3*1-10(2)27-19(25)12(4)24-30(26,28-13-8-6-5-7-9-13)29-18-15(21)11(3)14(20)16(22)17(18)23;1-9(2)27-18(25)10(3)24-30(26,28-11-7-5-4-6-8-11)29-17-15(22)13(20)12(19)14(21)16(17)23/h3*5-10,12H,1-4H3,(H,24,26);4-10H,1-3H3,(H,24,26)/t12-,30+;2*12-,30-;10-,30+/m1100/s1. The predicted octanol–water partition coefficient (Wildman–Crippen LogP) is 20.0. The van der Waals surface area contributed by atoms with E-state index >= 15 is 0 Å². The Morgan fingerprint density at radius 2 is 0.383 bits per heavy atom. The van der Waals surface area contributed by atoms with Gasteiger partial charge in [-0.15, -0.1) is 0 Å². The SMILES string of the molecule is CC(C)OC(=O)[C@H](C)N[P@@](=O)(Oc1ccccc1)Oc1c(F)c(F)c(F)c(F)c1F.Cc1c(F)c(F)c(F)c(O[P@@](=O)(N[C@H](C)C(=O)OC(C)C)Oc2ccccc2)c1F.Cc1c(F)c(F)c(F)c(O[P@](=O)(N[C@@H](C)C(=O)OC(C)C)Oc2ccccc2)c1F.Cc1c(F)c(F)c(F)c(O[P@](=O)(N[C@H](C)C(=O)OC(C)C)Oc2ccccc2)c1F. The largest absolute Gasteiger partial charge is 0.513 e. The van der Waals surface area contributed by atoms with Gasteiger partial charge < -0.3 is 55.1 Å². The first-order chi connectivity index (χ1) is 55.8. The zero-order valence-electron chi connectivity index (χ0n) is 65.5. The van der Waals surface area contributed by atoms with Gasteiger partial charge in [-0.25, -0.2) is 70.9 Å². The molecule has 0 radical (unpaired) electrons. The molecule has 0 spiro atoms. The molecule has 24 nitrogen and oxygen atoms in total. The van der Waals surface area contributed by atoms with Crippen molar-refractivity contribution in [2.75, 3.05) is 0 Å². The first-order valence-corrected chi connectivity index (χ1v) is 41.1. The summed E-state index contributed by atoms with van der Waals surface area (Å²) in [6, 6.07) is 23.8. The molecule has 656 valence electrons. The molecule has 0 aliphatic rings. The Morgan fingerprint density at radius 1 is 0.233 bits per heavy atom. The first-order valence-electron chi connectivity index (χ1n) is 34.9. The second-order valence-electron chi connectivity index (χ2n) is 25.8. The van der Waals surface area contributed by atoms with Gasteiger partial charge in [-0.1, -0.05) is 72.8 Å². The number of halogens is 17. The number of carbonyl (C=O) groups is 4. The molecule has 0 aliphatic carbocycles. The maximum absolute atomic E-state index is 14.4. The average molecular weight is 1800 g/mol. The number of carbonyl (C=O) groups excluding carboxylic acids is 4. The molecule has 0 aromatic heterocycles. The molecule has 8 atom stereocenters. The third-order valence-electron chi connectivity index (χ3n) is 14.4. The van der Waals surface area contributed by atoms with Crippen LogP contribution in [0.25, 0.3) is 0 Å². The molecule has 45 heteroatoms. The average Bonchev–Trinajstić information content (AvgIpc) is 0.796. The van der Waals surface area contributed by atoms with Crippen LogP contribution in [0.15, 0.2) is 121 Å². The van der Waals surface area contributed by atoms with Gasteiger partial charge in [0.25, 0.3) is 0 Å². The summed E-state index contributed by atoms with van der Waals surface area (Å²) in [4.78, 5) is 48.1. The van der Waals surface area contributed by atoms with Crippen molar-refractivity contribution >= 4 is 54.9 Å². The molecule has 120 heavy (non-hydrogen) atoms. The lowest BCUT2D eigenvalue weighted by atomic mass is 10.2. The van der Waals surface area contributed by atoms with Crippen LogP contribution in [0.5, 0.6) is 46.0 Å². The fraction of sp³-hybridized carbons (Fsp3) is 0.307. The summed E-state index contributed by atoms with van der Waals surface area (Å²) >= 11 is 0. The van der Waals surface area contributed by atoms with Gasteiger partial charge in [0.2, 0.25) is 69.5 Å². The zero-order chi connectivity index (χ0) is 90.5. The summed E-state index contributed by atoms with van der Waals surface area (Å²) < 4.78 is 348. The Bertz CT molecular complexity index is 4400. The van der Waals surface area contributed by atoms with E-state index in [1.807, 2.05) is 0 Å². The minimum absolute atomic E-state index is 0.0436. The van der Waals surface area contributed by atoms with Crippen LogP contribution < -0.4 is 56.5 Å². The van der Waals surface area contributed by atoms with E-state index in [4.69, 9.17) is 50.6 Å². The lowest BCUT2D eigenvalue weighted by Crippen LogP contribution is -2.37. The van der Waals surface area contributed by atoms with Crippen molar-refractivity contribution < 1.29 is 167 Å². The Kier molecular flexibility index (Phi) is 36.5. The van der Waals surface area contributed by atoms with Gasteiger partial charge >= 0.3 is 54.9 Å². The van der Waals surface area contributed by atoms with Crippen molar-refractivity contribution in [3.05, 3.63) is 237 Å². The minimum Gasteiger partial charge on any atom is -0.462 e. The van der Waals surface area contributed by atoms with Crippen molar-refractivity contribution in [2.45, 2.75) is 152 Å². The maximum Gasteiger partial charge on any atom is 0.513 e. The van der Waals surface area contributed by atoms with Crippen molar-refractivity contribution in [1.82, 2.24) is 20.3 Å². The summed E-state index contributed by atoms with van der Waals surface area (Å²) in [5, 5.41) is 8.64. The van der Waals surface area contributed by atoms with E-state index in [0.717, 1.165) is 20.8 Å². The second kappa shape index (κ2) is 43.7. The van der Waals surface area contributed by atoms with Crippen LogP contribution in [0.4, 0.5) is 74.6 Å². The van der Waals surface area contributed by atoms with E-state index in [1.54, 1.807) is 65.8 Å². The number of hydrogen-bond donors (Lipinski definition) is 4. The highest BCUT2D eigenvalue weighted by molar-refractivity contribution is 7.53. The third kappa shape index (κ3) is 27.8. The predicted molar refractivity (Wildman–Crippen MR) is 396 cm³/mol. The van der Waals surface area contributed by atoms with E-state index in [2.05, 4.69) is 24.9 Å². The van der Waals surface area contributed by atoms with Gasteiger partial charge in [-0.3, -0.25) is 19.2 Å². The third-order valence-corrected chi connectivity index (χ3v) is 20.8. The van der Waals surface area contributed by atoms with Gasteiger partial charge in [0.05, 0.1) is 24.4 Å². The molecule has 0 saturated heterocycles. The van der Waals surface area contributed by atoms with Gasteiger partial charge in [0, 0.05) is 16.7 Å². The van der Waals surface area contributed by atoms with Crippen molar-refractivity contribution in [2.24, 2.45) is 0 Å². The summed E-state index contributed by atoms with van der Waals surface area (Å²) in [5.41, 5.74) is -2.66. The normalized spacial score (nSPS) is 14.2. The molecule has 8 rings (SSSR count). The van der Waals surface area contributed by atoms with E-state index in [-0.39, 0.29) is 23.0 Å². The monoisotopic (exact) mass is 1800 g/mol. The number of ether oxygens (including phenoxy) is 4. The highest BCUT2D eigenvalue weighted by atomic mass is 31.2. The Balaban J connectivity index is 0.000000285. The fourth-order valence-corrected chi connectivity index (χ4v) is 14.9. The van der Waals surface area contributed by atoms with Crippen molar-refractivity contribution in [3.63, 3.8) is 0 Å². The molecule has 0 fully saturated rings. The molecule has 4 N–H and O–H groups in total. The van der Waals surface area contributed by atoms with Crippen LogP contribution in [0.1, 0.15) is 99.8 Å². The van der Waals surface area contributed by atoms with Gasteiger partial charge in [0.1, 0.15) is 47.2 Å². The number of benzene rings is 8. The fourth-order valence-electron chi connectivity index (χ4n) is 8.82. The molecule has 8 aromatic rings. The van der Waals surface area contributed by atoms with Crippen LogP contribution in [0, 0.1) is 120 Å². The lowest BCUT2D eigenvalue weighted by molar-refractivity contribution is -0.149. The minimum atomic E-state index is -4.91. The highest BCUT2D eigenvalue weighted by Gasteiger charge is 2.43. The van der Waals surface area contributed by atoms with Crippen LogP contribution in [-0.2, 0) is 56.4 Å². The molecule has 0 bridgehead atoms. The van der Waals surface area contributed by atoms with Crippen molar-refractivity contribution in [1.29, 1.82) is 0 Å². The summed E-state index contributed by atoms with van der Waals surface area (Å²) in [6.07, 6.45) is -2.05. The molecule has 8 aromatic carbocycles. The molecule has 0 saturated carbocycles. The van der Waals surface area contributed by atoms with Crippen LogP contribution in [-0.4, -0.2) is 72.5 Å². The second-order valence-corrected chi connectivity index (χ2v) is 32.3. The van der Waals surface area contributed by atoms with E-state index in [9.17, 15) is 112 Å². The maximum atomic E-state index is 14.4. The number of para-hydroxylation sites is 4. The summed E-state index contributed by atoms with van der Waals surface area (Å²) in [7, 11) is -19.1. The van der Waals surface area contributed by atoms with Crippen LogP contribution >= 0.6 is 31.0 Å². The Hall–Kier alpha value is -10.4. The van der Waals surface area contributed by atoms with E-state index < -0.39 is 242 Å². The molecule has 0 aliphatic heterocycles. The molecular formula is C75H77F17N4O20P4. The molecular weight excluding hydrogens is 1720 g/mol. The smallest absolute Gasteiger partial charge is 0.462 e.